The summed E-state index contributed by atoms with van der Waals surface area (Å²) in [6.07, 6.45) is 5.54. The number of nitrogens with zero attached hydrogens (tertiary/aromatic N) is 2. The van der Waals surface area contributed by atoms with Crippen LogP contribution in [0.25, 0.3) is 21.0 Å². The van der Waals surface area contributed by atoms with E-state index in [0.29, 0.717) is 12.6 Å². The molecule has 3 aromatic carbocycles. The Balaban J connectivity index is 1.20. The van der Waals surface area contributed by atoms with Gasteiger partial charge in [0.25, 0.3) is 5.56 Å². The molecule has 182 valence electrons. The highest BCUT2D eigenvalue weighted by atomic mass is 32.1. The predicted molar refractivity (Wildman–Crippen MR) is 147 cm³/mol. The van der Waals surface area contributed by atoms with Gasteiger partial charge in [0, 0.05) is 10.9 Å². The monoisotopic (exact) mass is 495 g/mol. The summed E-state index contributed by atoms with van der Waals surface area (Å²) in [4.78, 5) is 20.5. The van der Waals surface area contributed by atoms with E-state index in [4.69, 9.17) is 9.72 Å². The summed E-state index contributed by atoms with van der Waals surface area (Å²) >= 11 is 1.69. The minimum absolute atomic E-state index is 0.0769. The number of benzene rings is 3. The number of methoxy groups -OCH3 is 1. The lowest BCUT2D eigenvalue weighted by Crippen LogP contribution is -2.35. The first-order valence-corrected chi connectivity index (χ1v) is 13.3. The lowest BCUT2D eigenvalue weighted by molar-refractivity contribution is 0.407. The fraction of sp³-hybridized carbons (Fsp3) is 0.267. The molecule has 0 saturated carbocycles. The van der Waals surface area contributed by atoms with Gasteiger partial charge in [-0.2, -0.15) is 0 Å². The SMILES string of the molecule is COc1ccccc1CCNC1CCc2c(sc3ncn(Cc4cccc5ccccc45)c(=O)c23)C1. The molecule has 0 fully saturated rings. The predicted octanol–water partition coefficient (Wildman–Crippen LogP) is 5.36. The Morgan fingerprint density at radius 1 is 1.06 bits per heavy atom. The molecule has 6 heteroatoms. The zero-order valence-corrected chi connectivity index (χ0v) is 21.2. The largest absolute Gasteiger partial charge is 0.496 e. The third-order valence-corrected chi connectivity index (χ3v) is 8.44. The molecule has 1 unspecified atom stereocenters. The van der Waals surface area contributed by atoms with Crippen LogP contribution in [0.1, 0.15) is 28.0 Å². The van der Waals surface area contributed by atoms with Crippen LogP contribution in [-0.2, 0) is 25.8 Å². The quantitative estimate of drug-likeness (QED) is 0.330. The summed E-state index contributed by atoms with van der Waals surface area (Å²) in [5.41, 5.74) is 3.65. The number of aromatic nitrogens is 2. The minimum atomic E-state index is 0.0769. The molecule has 0 saturated heterocycles. The van der Waals surface area contributed by atoms with Crippen LogP contribution < -0.4 is 15.6 Å². The molecule has 0 aliphatic heterocycles. The van der Waals surface area contributed by atoms with E-state index in [2.05, 4.69) is 47.8 Å². The van der Waals surface area contributed by atoms with Crippen molar-refractivity contribution >= 4 is 32.3 Å². The lowest BCUT2D eigenvalue weighted by atomic mass is 9.93. The number of rotatable bonds is 7. The summed E-state index contributed by atoms with van der Waals surface area (Å²) in [7, 11) is 1.72. The maximum Gasteiger partial charge on any atom is 0.262 e. The fourth-order valence-electron chi connectivity index (χ4n) is 5.42. The average molecular weight is 496 g/mol. The second-order valence-corrected chi connectivity index (χ2v) is 10.5. The Hall–Kier alpha value is -3.48. The molecule has 0 amide bonds. The third kappa shape index (κ3) is 4.31. The van der Waals surface area contributed by atoms with Crippen molar-refractivity contribution < 1.29 is 4.74 Å². The van der Waals surface area contributed by atoms with Gasteiger partial charge < -0.3 is 10.1 Å². The van der Waals surface area contributed by atoms with Crippen LogP contribution in [-0.4, -0.2) is 29.2 Å². The number of ether oxygens (including phenoxy) is 1. The molecule has 0 bridgehead atoms. The summed E-state index contributed by atoms with van der Waals surface area (Å²) in [6, 6.07) is 23.2. The van der Waals surface area contributed by atoms with Crippen molar-refractivity contribution in [1.82, 2.24) is 14.9 Å². The second kappa shape index (κ2) is 9.88. The van der Waals surface area contributed by atoms with Crippen molar-refractivity contribution in [3.05, 3.63) is 105 Å². The van der Waals surface area contributed by atoms with Crippen LogP contribution in [0.5, 0.6) is 5.75 Å². The highest BCUT2D eigenvalue weighted by Gasteiger charge is 2.25. The first kappa shape index (κ1) is 23.0. The normalized spacial score (nSPS) is 15.3. The standard InChI is InChI=1S/C30H29N3O2S/c1-35-26-12-5-3-8-21(26)15-16-31-23-13-14-25-27(17-23)36-29-28(25)30(34)33(19-32-29)18-22-10-6-9-20-7-2-4-11-24(20)22/h2-12,19,23,31H,13-18H2,1H3. The summed E-state index contributed by atoms with van der Waals surface area (Å²) < 4.78 is 7.26. The zero-order valence-electron chi connectivity index (χ0n) is 20.4. The Morgan fingerprint density at radius 2 is 1.86 bits per heavy atom. The van der Waals surface area contributed by atoms with Crippen molar-refractivity contribution in [2.45, 2.75) is 38.3 Å². The van der Waals surface area contributed by atoms with E-state index in [1.165, 1.54) is 26.8 Å². The first-order chi connectivity index (χ1) is 17.7. The molecule has 1 aliphatic carbocycles. The molecule has 1 atom stereocenters. The van der Waals surface area contributed by atoms with Gasteiger partial charge in [-0.05, 0) is 65.8 Å². The molecule has 36 heavy (non-hydrogen) atoms. The van der Waals surface area contributed by atoms with Gasteiger partial charge in [0.05, 0.1) is 25.4 Å². The molecular formula is C30H29N3O2S. The van der Waals surface area contributed by atoms with E-state index >= 15 is 0 Å². The fourth-order valence-corrected chi connectivity index (χ4v) is 6.68. The van der Waals surface area contributed by atoms with Crippen molar-refractivity contribution in [3.63, 3.8) is 0 Å². The van der Waals surface area contributed by atoms with Crippen LogP contribution in [0, 0.1) is 0 Å². The van der Waals surface area contributed by atoms with Crippen LogP contribution in [0.4, 0.5) is 0 Å². The van der Waals surface area contributed by atoms with Gasteiger partial charge >= 0.3 is 0 Å². The minimum Gasteiger partial charge on any atom is -0.496 e. The average Bonchev–Trinajstić information content (AvgIpc) is 3.29. The molecule has 0 spiro atoms. The lowest BCUT2D eigenvalue weighted by Gasteiger charge is -2.23. The molecule has 1 N–H and O–H groups in total. The molecule has 2 aromatic heterocycles. The van der Waals surface area contributed by atoms with Crippen molar-refractivity contribution in [2.75, 3.05) is 13.7 Å². The second-order valence-electron chi connectivity index (χ2n) is 9.46. The number of thiophene rings is 1. The number of aryl methyl sites for hydroxylation is 1. The third-order valence-electron chi connectivity index (χ3n) is 7.28. The number of hydrogen-bond donors (Lipinski definition) is 1. The molecule has 0 radical (unpaired) electrons. The van der Waals surface area contributed by atoms with Crippen LogP contribution in [0.3, 0.4) is 0 Å². The smallest absolute Gasteiger partial charge is 0.262 e. The van der Waals surface area contributed by atoms with E-state index in [1.54, 1.807) is 29.3 Å². The number of para-hydroxylation sites is 1. The molecule has 5 aromatic rings. The van der Waals surface area contributed by atoms with Gasteiger partial charge in [-0.1, -0.05) is 60.7 Å². The van der Waals surface area contributed by atoms with Gasteiger partial charge in [-0.15, -0.1) is 11.3 Å². The Bertz CT molecular complexity index is 1600. The van der Waals surface area contributed by atoms with E-state index < -0.39 is 0 Å². The number of hydrogen-bond acceptors (Lipinski definition) is 5. The van der Waals surface area contributed by atoms with Crippen LogP contribution in [0.2, 0.25) is 0 Å². The van der Waals surface area contributed by atoms with Gasteiger partial charge in [0.1, 0.15) is 10.6 Å². The topological polar surface area (TPSA) is 56.1 Å². The van der Waals surface area contributed by atoms with Crippen molar-refractivity contribution in [3.8, 4) is 5.75 Å². The molecule has 5 nitrogen and oxygen atoms in total. The van der Waals surface area contributed by atoms with Crippen molar-refractivity contribution in [2.24, 2.45) is 0 Å². The van der Waals surface area contributed by atoms with Gasteiger partial charge in [-0.25, -0.2) is 4.98 Å². The molecule has 6 rings (SSSR count). The Kier molecular flexibility index (Phi) is 6.30. The first-order valence-electron chi connectivity index (χ1n) is 12.5. The van der Waals surface area contributed by atoms with Gasteiger partial charge in [-0.3, -0.25) is 9.36 Å². The summed E-state index contributed by atoms with van der Waals surface area (Å²) in [6.45, 7) is 1.43. The van der Waals surface area contributed by atoms with Crippen LogP contribution in [0.15, 0.2) is 77.9 Å². The maximum atomic E-state index is 13.6. The zero-order chi connectivity index (χ0) is 24.5. The number of fused-ring (bicyclic) bond motifs is 4. The van der Waals surface area contributed by atoms with Crippen molar-refractivity contribution in [1.29, 1.82) is 0 Å². The highest BCUT2D eigenvalue weighted by Crippen LogP contribution is 2.34. The van der Waals surface area contributed by atoms with E-state index in [9.17, 15) is 4.79 Å². The van der Waals surface area contributed by atoms with Gasteiger partial charge in [0.15, 0.2) is 0 Å². The van der Waals surface area contributed by atoms with Crippen LogP contribution >= 0.6 is 11.3 Å². The van der Waals surface area contributed by atoms with E-state index in [-0.39, 0.29) is 5.56 Å². The molecule has 1 aliphatic rings. The molecule has 2 heterocycles. The molecular weight excluding hydrogens is 466 g/mol. The Labute approximate surface area is 214 Å². The highest BCUT2D eigenvalue weighted by molar-refractivity contribution is 7.18. The summed E-state index contributed by atoms with van der Waals surface area (Å²) in [5.74, 6) is 0.945. The van der Waals surface area contributed by atoms with E-state index in [0.717, 1.165) is 53.8 Å². The maximum absolute atomic E-state index is 13.6. The Morgan fingerprint density at radius 3 is 2.78 bits per heavy atom. The van der Waals surface area contributed by atoms with Gasteiger partial charge in [0.2, 0.25) is 0 Å². The van der Waals surface area contributed by atoms with E-state index in [1.807, 2.05) is 24.3 Å². The summed E-state index contributed by atoms with van der Waals surface area (Å²) in [5, 5.41) is 6.92. The number of nitrogens with one attached hydrogen (secondary N) is 1.